The van der Waals surface area contributed by atoms with Crippen molar-refractivity contribution in [2.45, 2.75) is 65.2 Å². The Labute approximate surface area is 276 Å². The molecule has 0 amide bonds. The van der Waals surface area contributed by atoms with Crippen LogP contribution in [0, 0.1) is 11.8 Å². The second-order valence-corrected chi connectivity index (χ2v) is 13.4. The molecule has 1 saturated carbocycles. The molecule has 2 aliphatic heterocycles. The van der Waals surface area contributed by atoms with Gasteiger partial charge < -0.3 is 28.7 Å². The topological polar surface area (TPSA) is 60.5 Å². The van der Waals surface area contributed by atoms with Crippen LogP contribution in [0.1, 0.15) is 76.3 Å². The van der Waals surface area contributed by atoms with Gasteiger partial charge in [0, 0.05) is 24.2 Å². The highest BCUT2D eigenvalue weighted by atomic mass is 16.5. The van der Waals surface area contributed by atoms with E-state index in [1.165, 1.54) is 51.9 Å². The summed E-state index contributed by atoms with van der Waals surface area (Å²) < 4.78 is 23.5. The Hall–Kier alpha value is -3.29. The molecule has 0 radical (unpaired) electrons. The fraction of sp³-hybridized carbons (Fsp3) is 0.564. The summed E-state index contributed by atoms with van der Waals surface area (Å²) in [6, 6.07) is 11.8. The van der Waals surface area contributed by atoms with Crippen molar-refractivity contribution in [1.82, 2.24) is 9.80 Å². The van der Waals surface area contributed by atoms with Gasteiger partial charge in [0.15, 0.2) is 28.8 Å². The maximum absolute atomic E-state index is 13.3. The summed E-state index contributed by atoms with van der Waals surface area (Å²) in [7, 11) is 3.33. The predicted octanol–water partition coefficient (Wildman–Crippen LogP) is 7.54. The Balaban J connectivity index is 1.12. The third-order valence-corrected chi connectivity index (χ3v) is 9.81. The van der Waals surface area contributed by atoms with Crippen LogP contribution in [-0.2, 0) is 4.79 Å². The zero-order chi connectivity index (χ0) is 32.3. The van der Waals surface area contributed by atoms with Gasteiger partial charge in [-0.3, -0.25) is 4.79 Å². The number of ketones is 1. The number of rotatable bonds is 14. The van der Waals surface area contributed by atoms with Crippen molar-refractivity contribution in [2.24, 2.45) is 11.8 Å². The molecule has 3 fully saturated rings. The van der Waals surface area contributed by atoms with Crippen molar-refractivity contribution in [3.05, 3.63) is 58.7 Å². The molecule has 7 nitrogen and oxygen atoms in total. The fourth-order valence-corrected chi connectivity index (χ4v) is 6.68. The lowest BCUT2D eigenvalue weighted by molar-refractivity contribution is -0.111. The average Bonchev–Trinajstić information content (AvgIpc) is 3.41. The van der Waals surface area contributed by atoms with E-state index in [1.54, 1.807) is 14.2 Å². The maximum Gasteiger partial charge on any atom is 0.185 e. The quantitative estimate of drug-likeness (QED) is 0.158. The van der Waals surface area contributed by atoms with Crippen LogP contribution in [0.2, 0.25) is 0 Å². The maximum atomic E-state index is 13.3. The molecule has 7 heteroatoms. The number of hydrogen-bond donors (Lipinski definition) is 0. The summed E-state index contributed by atoms with van der Waals surface area (Å²) in [5.41, 5.74) is 3.50. The van der Waals surface area contributed by atoms with Gasteiger partial charge in [0.05, 0.1) is 27.4 Å². The van der Waals surface area contributed by atoms with Gasteiger partial charge in [0.1, 0.15) is 0 Å². The van der Waals surface area contributed by atoms with Gasteiger partial charge in [-0.1, -0.05) is 26.0 Å². The van der Waals surface area contributed by atoms with Gasteiger partial charge >= 0.3 is 0 Å². The van der Waals surface area contributed by atoms with E-state index in [0.717, 1.165) is 84.4 Å². The van der Waals surface area contributed by atoms with Gasteiger partial charge in [0.25, 0.3) is 0 Å². The number of carbonyl (C=O) groups excluding carboxylic acids is 1. The first kappa shape index (κ1) is 34.1. The van der Waals surface area contributed by atoms with E-state index < -0.39 is 0 Å². The summed E-state index contributed by atoms with van der Waals surface area (Å²) in [6.45, 7) is 12.9. The minimum Gasteiger partial charge on any atom is -0.493 e. The van der Waals surface area contributed by atoms with Crippen molar-refractivity contribution in [3.63, 3.8) is 0 Å². The lowest BCUT2D eigenvalue weighted by Crippen LogP contribution is -2.34. The largest absolute Gasteiger partial charge is 0.493 e. The number of nitrogens with zero attached hydrogens (tertiary/aromatic N) is 2. The van der Waals surface area contributed by atoms with Crippen LogP contribution < -0.4 is 18.9 Å². The number of benzene rings is 2. The Bertz CT molecular complexity index is 1250. The lowest BCUT2D eigenvalue weighted by Gasteiger charge is -2.30. The van der Waals surface area contributed by atoms with Crippen LogP contribution in [0.4, 0.5) is 0 Å². The van der Waals surface area contributed by atoms with Gasteiger partial charge in [0.2, 0.25) is 0 Å². The number of carbonyl (C=O) groups is 1. The van der Waals surface area contributed by atoms with Crippen LogP contribution in [0.15, 0.2) is 47.5 Å². The van der Waals surface area contributed by atoms with Crippen molar-refractivity contribution < 1.29 is 23.7 Å². The molecule has 250 valence electrons. The molecule has 0 spiro atoms. The third-order valence-electron chi connectivity index (χ3n) is 9.81. The molecule has 1 aliphatic carbocycles. The summed E-state index contributed by atoms with van der Waals surface area (Å²) in [6.07, 6.45) is 12.6. The van der Waals surface area contributed by atoms with E-state index in [9.17, 15) is 4.79 Å². The van der Waals surface area contributed by atoms with Crippen molar-refractivity contribution in [2.75, 3.05) is 66.7 Å². The van der Waals surface area contributed by atoms with E-state index in [0.29, 0.717) is 24.7 Å². The second-order valence-electron chi connectivity index (χ2n) is 13.4. The summed E-state index contributed by atoms with van der Waals surface area (Å²) >= 11 is 0. The minimum atomic E-state index is 0.0952. The standard InChI is InChI=1S/C39H54N2O5/c1-29-13-19-40(20-14-29)17-5-23-45-35-11-7-31(27-37(35)43-3)25-33-9-10-34(39(33)42)26-32-8-12-36(38(28-32)44-4)46-24-6-18-41-21-15-30(2)16-22-41/h7-8,11-12,25-30H,5-6,9-10,13-24H2,1-4H3/b33-25+,34-26+. The van der Waals surface area contributed by atoms with Crippen LogP contribution >= 0.6 is 0 Å². The number of hydrogen-bond acceptors (Lipinski definition) is 7. The zero-order valence-electron chi connectivity index (χ0n) is 28.5. The highest BCUT2D eigenvalue weighted by Crippen LogP contribution is 2.34. The summed E-state index contributed by atoms with van der Waals surface area (Å²) in [5.74, 6) is 4.67. The monoisotopic (exact) mass is 630 g/mol. The number of methoxy groups -OCH3 is 2. The Morgan fingerprint density at radius 1 is 0.652 bits per heavy atom. The molecule has 0 aromatic heterocycles. The molecule has 5 rings (SSSR count). The number of likely N-dealkylation sites (tertiary alicyclic amines) is 2. The Kier molecular flexibility index (Phi) is 12.6. The fourth-order valence-electron chi connectivity index (χ4n) is 6.68. The van der Waals surface area contributed by atoms with Crippen molar-refractivity contribution in [3.8, 4) is 23.0 Å². The van der Waals surface area contributed by atoms with Gasteiger partial charge in [-0.05, 0) is 137 Å². The third kappa shape index (κ3) is 9.62. The first-order chi connectivity index (χ1) is 22.4. The lowest BCUT2D eigenvalue weighted by atomic mass is 9.99. The SMILES string of the molecule is COc1cc(/C=C2\CC/C(=C\c3ccc(OCCCN4CCC(C)CC4)c(OC)c3)C2=O)ccc1OCCCN1CCC(C)CC1. The molecule has 2 aromatic carbocycles. The van der Waals surface area contributed by atoms with Gasteiger partial charge in [-0.2, -0.15) is 0 Å². The molecule has 46 heavy (non-hydrogen) atoms. The van der Waals surface area contributed by atoms with E-state index in [1.807, 2.05) is 48.6 Å². The first-order valence-corrected chi connectivity index (χ1v) is 17.4. The zero-order valence-corrected chi connectivity index (χ0v) is 28.5. The Morgan fingerprint density at radius 3 is 1.46 bits per heavy atom. The molecule has 0 unspecified atom stereocenters. The predicted molar refractivity (Wildman–Crippen MR) is 186 cm³/mol. The van der Waals surface area contributed by atoms with Gasteiger partial charge in [-0.15, -0.1) is 0 Å². The summed E-state index contributed by atoms with van der Waals surface area (Å²) in [5, 5.41) is 0. The molecular weight excluding hydrogens is 576 g/mol. The summed E-state index contributed by atoms with van der Waals surface area (Å²) in [4.78, 5) is 18.4. The van der Waals surface area contributed by atoms with Crippen LogP contribution in [0.5, 0.6) is 23.0 Å². The number of piperidine rings is 2. The van der Waals surface area contributed by atoms with E-state index in [4.69, 9.17) is 18.9 Å². The van der Waals surface area contributed by atoms with Gasteiger partial charge in [-0.25, -0.2) is 0 Å². The van der Waals surface area contributed by atoms with Crippen LogP contribution in [0.25, 0.3) is 12.2 Å². The number of ether oxygens (including phenoxy) is 4. The second kappa shape index (κ2) is 17.0. The van der Waals surface area contributed by atoms with E-state index in [-0.39, 0.29) is 5.78 Å². The molecule has 0 atom stereocenters. The highest BCUT2D eigenvalue weighted by molar-refractivity contribution is 6.15. The molecule has 2 heterocycles. The van der Waals surface area contributed by atoms with E-state index >= 15 is 0 Å². The van der Waals surface area contributed by atoms with Crippen LogP contribution in [0.3, 0.4) is 0 Å². The van der Waals surface area contributed by atoms with Crippen LogP contribution in [-0.4, -0.2) is 82.3 Å². The molecule has 2 saturated heterocycles. The first-order valence-electron chi connectivity index (χ1n) is 17.4. The smallest absolute Gasteiger partial charge is 0.185 e. The molecule has 0 bridgehead atoms. The molecule has 2 aromatic rings. The molecule has 0 N–H and O–H groups in total. The van der Waals surface area contributed by atoms with Crippen molar-refractivity contribution in [1.29, 1.82) is 0 Å². The number of allylic oxidation sites excluding steroid dienone is 2. The number of Topliss-reactive ketones (excluding diaryl/α,β-unsaturated/α-hetero) is 1. The Morgan fingerprint density at radius 2 is 1.07 bits per heavy atom. The average molecular weight is 631 g/mol. The normalized spacial score (nSPS) is 20.5. The van der Waals surface area contributed by atoms with Crippen molar-refractivity contribution >= 4 is 17.9 Å². The minimum absolute atomic E-state index is 0.0952. The van der Waals surface area contributed by atoms with E-state index in [2.05, 4.69) is 23.6 Å². The molecular formula is C39H54N2O5. The highest BCUT2D eigenvalue weighted by Gasteiger charge is 2.23. The molecule has 3 aliphatic rings.